The molecule has 0 saturated heterocycles. The molecule has 1 heterocycles. The van der Waals surface area contributed by atoms with Gasteiger partial charge >= 0.3 is 0 Å². The fourth-order valence-corrected chi connectivity index (χ4v) is 4.33. The van der Waals surface area contributed by atoms with Crippen LogP contribution < -0.4 is 4.74 Å². The highest BCUT2D eigenvalue weighted by Gasteiger charge is 2.09. The SMILES string of the molecule is Cc1cc(OCCCS(C)(=O)=O)ccc1-c1csc2ccccc12. The fourth-order valence-electron chi connectivity index (χ4n) is 2.73. The highest BCUT2D eigenvalue weighted by molar-refractivity contribution is 7.90. The van der Waals surface area contributed by atoms with Crippen LogP contribution in [0.2, 0.25) is 0 Å². The number of hydrogen-bond acceptors (Lipinski definition) is 4. The van der Waals surface area contributed by atoms with Crippen molar-refractivity contribution < 1.29 is 13.2 Å². The summed E-state index contributed by atoms with van der Waals surface area (Å²) in [6, 6.07) is 14.5. The predicted octanol–water partition coefficient (Wildman–Crippen LogP) is 4.69. The number of benzene rings is 2. The van der Waals surface area contributed by atoms with Gasteiger partial charge in [-0.3, -0.25) is 0 Å². The molecule has 3 rings (SSSR count). The van der Waals surface area contributed by atoms with Crippen LogP contribution in [0.25, 0.3) is 21.2 Å². The third-order valence-electron chi connectivity index (χ3n) is 3.90. The van der Waals surface area contributed by atoms with Crippen molar-refractivity contribution in [3.05, 3.63) is 53.4 Å². The Hall–Kier alpha value is -1.85. The lowest BCUT2D eigenvalue weighted by Crippen LogP contribution is -2.08. The minimum Gasteiger partial charge on any atom is -0.494 e. The first-order chi connectivity index (χ1) is 11.4. The largest absolute Gasteiger partial charge is 0.494 e. The zero-order valence-electron chi connectivity index (χ0n) is 13.8. The van der Waals surface area contributed by atoms with E-state index in [2.05, 4.69) is 42.6 Å². The van der Waals surface area contributed by atoms with E-state index in [0.29, 0.717) is 13.0 Å². The summed E-state index contributed by atoms with van der Waals surface area (Å²) < 4.78 is 29.2. The molecule has 1 aromatic heterocycles. The van der Waals surface area contributed by atoms with Gasteiger partial charge in [0.2, 0.25) is 0 Å². The Kier molecular flexibility index (Phi) is 4.92. The van der Waals surface area contributed by atoms with E-state index in [1.807, 2.05) is 12.1 Å². The molecule has 0 atom stereocenters. The average molecular weight is 361 g/mol. The summed E-state index contributed by atoms with van der Waals surface area (Å²) in [5.41, 5.74) is 3.60. The van der Waals surface area contributed by atoms with Gasteiger partial charge in [0.1, 0.15) is 15.6 Å². The molecule has 0 amide bonds. The summed E-state index contributed by atoms with van der Waals surface area (Å²) in [6.07, 6.45) is 1.76. The molecular formula is C19H20O3S2. The number of aryl methyl sites for hydroxylation is 1. The second-order valence-corrected chi connectivity index (χ2v) is 9.13. The molecule has 2 aromatic carbocycles. The predicted molar refractivity (Wildman–Crippen MR) is 102 cm³/mol. The smallest absolute Gasteiger partial charge is 0.147 e. The van der Waals surface area contributed by atoms with Gasteiger partial charge in [-0.05, 0) is 48.1 Å². The van der Waals surface area contributed by atoms with Gasteiger partial charge in [0.05, 0.1) is 12.4 Å². The Labute approximate surface area is 146 Å². The number of hydrogen-bond donors (Lipinski definition) is 0. The van der Waals surface area contributed by atoms with Crippen LogP contribution in [0.1, 0.15) is 12.0 Å². The van der Waals surface area contributed by atoms with Crippen molar-refractivity contribution >= 4 is 31.3 Å². The maximum Gasteiger partial charge on any atom is 0.147 e. The Morgan fingerprint density at radius 1 is 1.08 bits per heavy atom. The van der Waals surface area contributed by atoms with Crippen molar-refractivity contribution in [3.63, 3.8) is 0 Å². The monoisotopic (exact) mass is 360 g/mol. The highest BCUT2D eigenvalue weighted by atomic mass is 32.2. The van der Waals surface area contributed by atoms with Crippen LogP contribution in [0.4, 0.5) is 0 Å². The van der Waals surface area contributed by atoms with Crippen molar-refractivity contribution in [1.82, 2.24) is 0 Å². The maximum absolute atomic E-state index is 11.1. The summed E-state index contributed by atoms with van der Waals surface area (Å²) in [6.45, 7) is 2.48. The second kappa shape index (κ2) is 6.95. The number of ether oxygens (including phenoxy) is 1. The van der Waals surface area contributed by atoms with Crippen molar-refractivity contribution in [1.29, 1.82) is 0 Å². The average Bonchev–Trinajstić information content (AvgIpc) is 2.95. The van der Waals surface area contributed by atoms with Crippen molar-refractivity contribution in [2.45, 2.75) is 13.3 Å². The van der Waals surface area contributed by atoms with E-state index in [1.54, 1.807) is 11.3 Å². The molecule has 0 aliphatic carbocycles. The lowest BCUT2D eigenvalue weighted by molar-refractivity contribution is 0.317. The number of sulfone groups is 1. The zero-order valence-corrected chi connectivity index (χ0v) is 15.4. The van der Waals surface area contributed by atoms with E-state index in [1.165, 1.54) is 27.5 Å². The molecule has 3 nitrogen and oxygen atoms in total. The van der Waals surface area contributed by atoms with Gasteiger partial charge in [-0.2, -0.15) is 0 Å². The van der Waals surface area contributed by atoms with E-state index >= 15 is 0 Å². The zero-order chi connectivity index (χ0) is 17.2. The van der Waals surface area contributed by atoms with Gasteiger partial charge in [-0.1, -0.05) is 24.3 Å². The molecule has 0 saturated carbocycles. The number of rotatable bonds is 6. The van der Waals surface area contributed by atoms with E-state index in [0.717, 1.165) is 11.3 Å². The lowest BCUT2D eigenvalue weighted by atomic mass is 10.00. The molecule has 3 aromatic rings. The normalized spacial score (nSPS) is 11.8. The third kappa shape index (κ3) is 3.97. The van der Waals surface area contributed by atoms with Crippen LogP contribution in [0.5, 0.6) is 5.75 Å². The van der Waals surface area contributed by atoms with Crippen LogP contribution in [-0.4, -0.2) is 27.0 Å². The Bertz CT molecular complexity index is 956. The van der Waals surface area contributed by atoms with E-state index < -0.39 is 9.84 Å². The standard InChI is InChI=1S/C19H20O3S2/c1-14-12-15(22-10-5-11-24(2,20)21)8-9-16(14)18-13-23-19-7-4-3-6-17(18)19/h3-4,6-9,12-13H,5,10-11H2,1-2H3. The molecule has 24 heavy (non-hydrogen) atoms. The van der Waals surface area contributed by atoms with Crippen LogP contribution >= 0.6 is 11.3 Å². The quantitative estimate of drug-likeness (QED) is 0.599. The molecule has 5 heteroatoms. The Morgan fingerprint density at radius 2 is 1.88 bits per heavy atom. The molecular weight excluding hydrogens is 340 g/mol. The second-order valence-electron chi connectivity index (χ2n) is 5.95. The summed E-state index contributed by atoms with van der Waals surface area (Å²) >= 11 is 1.75. The summed E-state index contributed by atoms with van der Waals surface area (Å²) in [5, 5.41) is 3.46. The molecule has 0 bridgehead atoms. The summed E-state index contributed by atoms with van der Waals surface area (Å²) in [4.78, 5) is 0. The van der Waals surface area contributed by atoms with Gasteiger partial charge in [-0.25, -0.2) is 8.42 Å². The topological polar surface area (TPSA) is 43.4 Å². The van der Waals surface area contributed by atoms with E-state index in [4.69, 9.17) is 4.74 Å². The van der Waals surface area contributed by atoms with Gasteiger partial charge in [-0.15, -0.1) is 11.3 Å². The van der Waals surface area contributed by atoms with Crippen LogP contribution in [0, 0.1) is 6.92 Å². The van der Waals surface area contributed by atoms with Crippen LogP contribution in [0.3, 0.4) is 0 Å². The minimum absolute atomic E-state index is 0.158. The van der Waals surface area contributed by atoms with Crippen LogP contribution in [-0.2, 0) is 9.84 Å². The lowest BCUT2D eigenvalue weighted by Gasteiger charge is -2.10. The Morgan fingerprint density at radius 3 is 2.62 bits per heavy atom. The van der Waals surface area contributed by atoms with Gasteiger partial charge in [0, 0.05) is 21.9 Å². The Balaban J connectivity index is 1.75. The molecule has 126 valence electrons. The maximum atomic E-state index is 11.1. The molecule has 0 radical (unpaired) electrons. The fraction of sp³-hybridized carbons (Fsp3) is 0.263. The van der Waals surface area contributed by atoms with E-state index in [-0.39, 0.29) is 5.75 Å². The van der Waals surface area contributed by atoms with E-state index in [9.17, 15) is 8.42 Å². The summed E-state index contributed by atoms with van der Waals surface area (Å²) in [7, 11) is -2.92. The first-order valence-electron chi connectivity index (χ1n) is 7.82. The van der Waals surface area contributed by atoms with Gasteiger partial charge in [0.15, 0.2) is 0 Å². The highest BCUT2D eigenvalue weighted by Crippen LogP contribution is 2.36. The summed E-state index contributed by atoms with van der Waals surface area (Å²) in [5.74, 6) is 0.939. The molecule has 0 unspecified atom stereocenters. The third-order valence-corrected chi connectivity index (χ3v) is 5.89. The van der Waals surface area contributed by atoms with Crippen molar-refractivity contribution in [2.75, 3.05) is 18.6 Å². The molecule has 0 aliphatic rings. The number of fused-ring (bicyclic) bond motifs is 1. The molecule has 0 aliphatic heterocycles. The molecule has 0 fully saturated rings. The number of thiophene rings is 1. The van der Waals surface area contributed by atoms with Gasteiger partial charge < -0.3 is 4.74 Å². The first-order valence-corrected chi connectivity index (χ1v) is 10.8. The van der Waals surface area contributed by atoms with Crippen molar-refractivity contribution in [2.24, 2.45) is 0 Å². The van der Waals surface area contributed by atoms with Crippen molar-refractivity contribution in [3.8, 4) is 16.9 Å². The minimum atomic E-state index is -2.92. The van der Waals surface area contributed by atoms with Crippen LogP contribution in [0.15, 0.2) is 47.8 Å². The first kappa shape index (κ1) is 17.0. The molecule has 0 N–H and O–H groups in total. The van der Waals surface area contributed by atoms with Gasteiger partial charge in [0.25, 0.3) is 0 Å². The molecule has 0 spiro atoms.